The van der Waals surface area contributed by atoms with Crippen LogP contribution in [-0.4, -0.2) is 21.7 Å². The van der Waals surface area contributed by atoms with Gasteiger partial charge in [0.1, 0.15) is 5.82 Å². The molecule has 0 saturated heterocycles. The minimum atomic E-state index is -0.379. The van der Waals surface area contributed by atoms with E-state index in [2.05, 4.69) is 20.6 Å². The highest BCUT2D eigenvalue weighted by Crippen LogP contribution is 2.19. The highest BCUT2D eigenvalue weighted by atomic mass is 16.2. The summed E-state index contributed by atoms with van der Waals surface area (Å²) in [5.74, 6) is 0.317. The summed E-state index contributed by atoms with van der Waals surface area (Å²) in [4.78, 5) is 20.6. The second-order valence-electron chi connectivity index (χ2n) is 6.45. The molecular weight excluding hydrogens is 352 g/mol. The third kappa shape index (κ3) is 4.50. The monoisotopic (exact) mass is 374 g/mol. The van der Waals surface area contributed by atoms with Gasteiger partial charge in [-0.15, -0.1) is 0 Å². The van der Waals surface area contributed by atoms with E-state index in [0.717, 1.165) is 11.3 Å². The van der Waals surface area contributed by atoms with Gasteiger partial charge >= 0.3 is 6.03 Å². The Balaban J connectivity index is 1.68. The molecule has 3 rings (SSSR count). The van der Waals surface area contributed by atoms with Crippen molar-refractivity contribution in [1.29, 1.82) is 5.41 Å². The number of carbonyl (C=O) groups excluding carboxylic acids is 1. The molecule has 0 bridgehead atoms. The number of nitrogens with zero attached hydrogens (tertiary/aromatic N) is 2. The number of rotatable bonds is 5. The van der Waals surface area contributed by atoms with Gasteiger partial charge in [0.05, 0.1) is 11.8 Å². The van der Waals surface area contributed by atoms with Crippen LogP contribution in [0.4, 0.5) is 16.3 Å². The first kappa shape index (κ1) is 19.0. The number of pyridine rings is 2. The largest absolute Gasteiger partial charge is 0.398 e. The van der Waals surface area contributed by atoms with Crippen molar-refractivity contribution >= 4 is 23.2 Å². The molecule has 7 heteroatoms. The molecule has 2 aromatic heterocycles. The van der Waals surface area contributed by atoms with Crippen molar-refractivity contribution in [2.75, 3.05) is 11.1 Å². The van der Waals surface area contributed by atoms with E-state index in [1.165, 1.54) is 6.20 Å². The Kier molecular flexibility index (Phi) is 5.64. The van der Waals surface area contributed by atoms with Crippen LogP contribution in [-0.2, 0) is 0 Å². The molecule has 1 atom stereocenters. The number of carbonyl (C=O) groups is 1. The quantitative estimate of drug-likeness (QED) is 0.510. The molecule has 0 aliphatic heterocycles. The van der Waals surface area contributed by atoms with E-state index in [0.29, 0.717) is 22.6 Å². The van der Waals surface area contributed by atoms with Crippen LogP contribution in [0.3, 0.4) is 0 Å². The van der Waals surface area contributed by atoms with Crippen LogP contribution < -0.4 is 16.4 Å². The Morgan fingerprint density at radius 2 is 1.89 bits per heavy atom. The number of benzene rings is 1. The summed E-state index contributed by atoms with van der Waals surface area (Å²) < 4.78 is 0. The first-order valence-corrected chi connectivity index (χ1v) is 8.84. The second kappa shape index (κ2) is 8.30. The average molecular weight is 374 g/mol. The minimum absolute atomic E-state index is 0.152. The van der Waals surface area contributed by atoms with E-state index in [1.807, 2.05) is 50.2 Å². The topological polar surface area (TPSA) is 117 Å². The van der Waals surface area contributed by atoms with Crippen molar-refractivity contribution in [2.45, 2.75) is 19.9 Å². The predicted octanol–water partition coefficient (Wildman–Crippen LogP) is 3.67. The number of hydrogen-bond acceptors (Lipinski definition) is 5. The van der Waals surface area contributed by atoms with Gasteiger partial charge in [-0.2, -0.15) is 0 Å². The molecule has 0 aliphatic rings. The maximum Gasteiger partial charge on any atom is 0.320 e. The molecular formula is C21H22N6O. The highest BCUT2D eigenvalue weighted by Gasteiger charge is 2.13. The van der Waals surface area contributed by atoms with Crippen LogP contribution in [0.15, 0.2) is 60.9 Å². The first-order valence-electron chi connectivity index (χ1n) is 8.84. The Morgan fingerprint density at radius 1 is 1.14 bits per heavy atom. The van der Waals surface area contributed by atoms with Gasteiger partial charge in [0.15, 0.2) is 0 Å². The minimum Gasteiger partial charge on any atom is -0.398 e. The molecule has 28 heavy (non-hydrogen) atoms. The number of urea groups is 1. The van der Waals surface area contributed by atoms with Gasteiger partial charge in [-0.1, -0.05) is 30.3 Å². The van der Waals surface area contributed by atoms with Crippen molar-refractivity contribution in [2.24, 2.45) is 0 Å². The SMILES string of the molecule is Cc1cc(C(=N)c2cnc(NC(=O)N[C@H](C)c3ccccc3)cc2N)ccn1. The van der Waals surface area contributed by atoms with Crippen LogP contribution in [0.1, 0.15) is 35.3 Å². The third-order valence-corrected chi connectivity index (χ3v) is 4.28. The van der Waals surface area contributed by atoms with Gasteiger partial charge in [0.2, 0.25) is 0 Å². The van der Waals surface area contributed by atoms with Crippen molar-refractivity contribution in [3.8, 4) is 0 Å². The van der Waals surface area contributed by atoms with Crippen LogP contribution in [0.2, 0.25) is 0 Å². The Hall–Kier alpha value is -3.74. The molecule has 2 heterocycles. The van der Waals surface area contributed by atoms with Crippen LogP contribution in [0, 0.1) is 12.3 Å². The Bertz CT molecular complexity index is 1000. The van der Waals surface area contributed by atoms with Crippen molar-refractivity contribution in [3.63, 3.8) is 0 Å². The lowest BCUT2D eigenvalue weighted by atomic mass is 10.0. The number of nitrogens with two attached hydrogens (primary N) is 1. The fourth-order valence-electron chi connectivity index (χ4n) is 2.78. The first-order chi connectivity index (χ1) is 13.4. The van der Waals surface area contributed by atoms with Gasteiger partial charge < -0.3 is 11.1 Å². The molecule has 2 amide bonds. The highest BCUT2D eigenvalue weighted by molar-refractivity contribution is 6.13. The number of aryl methyl sites for hydroxylation is 1. The summed E-state index contributed by atoms with van der Waals surface area (Å²) in [6, 6.07) is 14.2. The van der Waals surface area contributed by atoms with Gasteiger partial charge in [-0.05, 0) is 31.5 Å². The van der Waals surface area contributed by atoms with E-state index in [-0.39, 0.29) is 17.8 Å². The van der Waals surface area contributed by atoms with Crippen LogP contribution in [0.5, 0.6) is 0 Å². The molecule has 1 aromatic carbocycles. The van der Waals surface area contributed by atoms with E-state index < -0.39 is 0 Å². The van der Waals surface area contributed by atoms with Crippen molar-refractivity contribution in [3.05, 3.63) is 83.3 Å². The summed E-state index contributed by atoms with van der Waals surface area (Å²) in [6.07, 6.45) is 3.14. The summed E-state index contributed by atoms with van der Waals surface area (Å²) >= 11 is 0. The number of hydrogen-bond donors (Lipinski definition) is 4. The molecule has 0 unspecified atom stereocenters. The number of aromatic nitrogens is 2. The molecule has 7 nitrogen and oxygen atoms in total. The van der Waals surface area contributed by atoms with E-state index >= 15 is 0 Å². The van der Waals surface area contributed by atoms with Gasteiger partial charge in [0, 0.05) is 41.0 Å². The van der Waals surface area contributed by atoms with Gasteiger partial charge in [0.25, 0.3) is 0 Å². The summed E-state index contributed by atoms with van der Waals surface area (Å²) in [5, 5.41) is 13.9. The molecule has 3 aromatic rings. The third-order valence-electron chi connectivity index (χ3n) is 4.28. The summed E-state index contributed by atoms with van der Waals surface area (Å²) in [5.41, 5.74) is 9.73. The van der Waals surface area contributed by atoms with E-state index in [9.17, 15) is 4.79 Å². The lowest BCUT2D eigenvalue weighted by Crippen LogP contribution is -2.31. The standard InChI is InChI=1S/C21H22N6O/c1-13-10-16(8-9-24-13)20(23)17-12-25-19(11-18(17)22)27-21(28)26-14(2)15-6-4-3-5-7-15/h3-12,14,23H,1-2H3,(H4,22,25,26,27,28)/t14-/m1/s1. The Labute approximate surface area is 163 Å². The molecule has 0 radical (unpaired) electrons. The second-order valence-corrected chi connectivity index (χ2v) is 6.45. The van der Waals surface area contributed by atoms with E-state index in [1.54, 1.807) is 18.3 Å². The van der Waals surface area contributed by atoms with Crippen molar-refractivity contribution < 1.29 is 4.79 Å². The van der Waals surface area contributed by atoms with Crippen molar-refractivity contribution in [1.82, 2.24) is 15.3 Å². The maximum atomic E-state index is 12.2. The zero-order chi connectivity index (χ0) is 20.1. The maximum absolute atomic E-state index is 12.2. The molecule has 142 valence electrons. The molecule has 0 spiro atoms. The lowest BCUT2D eigenvalue weighted by molar-refractivity contribution is 0.249. The smallest absolute Gasteiger partial charge is 0.320 e. The number of nitrogen functional groups attached to an aromatic ring is 1. The number of anilines is 2. The molecule has 0 aliphatic carbocycles. The molecule has 5 N–H and O–H groups in total. The summed E-state index contributed by atoms with van der Waals surface area (Å²) in [7, 11) is 0. The number of nitrogens with one attached hydrogen (secondary N) is 3. The number of amides is 2. The average Bonchev–Trinajstić information content (AvgIpc) is 2.68. The van der Waals surface area contributed by atoms with Crippen LogP contribution >= 0.6 is 0 Å². The lowest BCUT2D eigenvalue weighted by Gasteiger charge is -2.15. The Morgan fingerprint density at radius 3 is 2.57 bits per heavy atom. The zero-order valence-corrected chi connectivity index (χ0v) is 15.7. The molecule has 0 saturated carbocycles. The normalized spacial score (nSPS) is 11.5. The summed E-state index contributed by atoms with van der Waals surface area (Å²) in [6.45, 7) is 3.76. The fourth-order valence-corrected chi connectivity index (χ4v) is 2.78. The van der Waals surface area contributed by atoms with Gasteiger partial charge in [-0.3, -0.25) is 15.7 Å². The predicted molar refractivity (Wildman–Crippen MR) is 111 cm³/mol. The van der Waals surface area contributed by atoms with Crippen LogP contribution in [0.25, 0.3) is 0 Å². The van der Waals surface area contributed by atoms with E-state index in [4.69, 9.17) is 11.1 Å². The fraction of sp³-hybridized carbons (Fsp3) is 0.143. The zero-order valence-electron chi connectivity index (χ0n) is 15.7. The molecule has 0 fully saturated rings. The van der Waals surface area contributed by atoms with Gasteiger partial charge in [-0.25, -0.2) is 9.78 Å².